The van der Waals surface area contributed by atoms with E-state index < -0.39 is 0 Å². The first-order chi connectivity index (χ1) is 12.5. The Balaban J connectivity index is 1.79. The highest BCUT2D eigenvalue weighted by Crippen LogP contribution is 2.37. The molecule has 0 saturated carbocycles. The summed E-state index contributed by atoms with van der Waals surface area (Å²) in [5.41, 5.74) is 1.03. The molecule has 8 heteroatoms. The van der Waals surface area contributed by atoms with Crippen molar-refractivity contribution >= 4 is 58.0 Å². The SMILES string of the molecule is ClC(Cl)=CCOc1cc(Cl)c(OCCOCc2ccc(Cl)cc2)c(Cl)c1. The summed E-state index contributed by atoms with van der Waals surface area (Å²) in [5, 5.41) is 1.37. The first kappa shape index (κ1) is 21.5. The third-order valence-electron chi connectivity index (χ3n) is 3.12. The monoisotopic (exact) mass is 454 g/mol. The van der Waals surface area contributed by atoms with Gasteiger partial charge in [0, 0.05) is 17.2 Å². The van der Waals surface area contributed by atoms with Gasteiger partial charge in [-0.3, -0.25) is 0 Å². The van der Waals surface area contributed by atoms with Crippen LogP contribution in [-0.2, 0) is 11.3 Å². The van der Waals surface area contributed by atoms with Crippen LogP contribution in [0.25, 0.3) is 0 Å². The molecule has 0 aromatic heterocycles. The molecule has 0 heterocycles. The zero-order valence-electron chi connectivity index (χ0n) is 13.5. The van der Waals surface area contributed by atoms with Crippen molar-refractivity contribution in [1.29, 1.82) is 0 Å². The largest absolute Gasteiger partial charge is 0.489 e. The van der Waals surface area contributed by atoms with Crippen molar-refractivity contribution in [2.75, 3.05) is 19.8 Å². The van der Waals surface area contributed by atoms with E-state index >= 15 is 0 Å². The lowest BCUT2D eigenvalue weighted by Crippen LogP contribution is -2.07. The first-order valence-electron chi connectivity index (χ1n) is 7.53. The van der Waals surface area contributed by atoms with Gasteiger partial charge in [-0.25, -0.2) is 0 Å². The smallest absolute Gasteiger partial charge is 0.156 e. The van der Waals surface area contributed by atoms with Crippen LogP contribution in [0.1, 0.15) is 5.56 Å². The van der Waals surface area contributed by atoms with Crippen LogP contribution < -0.4 is 9.47 Å². The van der Waals surface area contributed by atoms with Crippen LogP contribution in [0.5, 0.6) is 11.5 Å². The van der Waals surface area contributed by atoms with E-state index in [-0.39, 0.29) is 11.1 Å². The molecule has 0 aliphatic rings. The lowest BCUT2D eigenvalue weighted by molar-refractivity contribution is 0.0889. The van der Waals surface area contributed by atoms with Gasteiger partial charge in [0.1, 0.15) is 23.5 Å². The molecule has 0 atom stereocenters. The molecule has 0 unspecified atom stereocenters. The fraction of sp³-hybridized carbons (Fsp3) is 0.222. The van der Waals surface area contributed by atoms with Gasteiger partial charge in [0.25, 0.3) is 0 Å². The van der Waals surface area contributed by atoms with Gasteiger partial charge in [-0.05, 0) is 23.8 Å². The van der Waals surface area contributed by atoms with Gasteiger partial charge in [0.15, 0.2) is 5.75 Å². The molecule has 0 amide bonds. The second kappa shape index (κ2) is 11.1. The first-order valence-corrected chi connectivity index (χ1v) is 9.42. The molecule has 0 bridgehead atoms. The van der Waals surface area contributed by atoms with Crippen molar-refractivity contribution in [3.05, 3.63) is 67.6 Å². The summed E-state index contributed by atoms with van der Waals surface area (Å²) in [7, 11) is 0. The minimum Gasteiger partial charge on any atom is -0.489 e. The zero-order chi connectivity index (χ0) is 18.9. The average Bonchev–Trinajstić information content (AvgIpc) is 2.58. The van der Waals surface area contributed by atoms with Crippen molar-refractivity contribution in [3.63, 3.8) is 0 Å². The van der Waals surface area contributed by atoms with Crippen LogP contribution in [0.4, 0.5) is 0 Å². The maximum Gasteiger partial charge on any atom is 0.156 e. The van der Waals surface area contributed by atoms with Crippen molar-refractivity contribution in [3.8, 4) is 11.5 Å². The minimum absolute atomic E-state index is 0.126. The Hall–Kier alpha value is -0.810. The van der Waals surface area contributed by atoms with E-state index in [0.29, 0.717) is 46.4 Å². The summed E-state index contributed by atoms with van der Waals surface area (Å²) < 4.78 is 16.7. The normalized spacial score (nSPS) is 10.5. The van der Waals surface area contributed by atoms with Gasteiger partial charge < -0.3 is 14.2 Å². The molecule has 26 heavy (non-hydrogen) atoms. The number of halogens is 5. The van der Waals surface area contributed by atoms with Gasteiger partial charge in [-0.2, -0.15) is 0 Å². The van der Waals surface area contributed by atoms with E-state index in [1.54, 1.807) is 12.1 Å². The summed E-state index contributed by atoms with van der Waals surface area (Å²) in [5.74, 6) is 0.860. The predicted molar refractivity (Wildman–Crippen MR) is 108 cm³/mol. The fourth-order valence-electron chi connectivity index (χ4n) is 1.93. The van der Waals surface area contributed by atoms with Crippen molar-refractivity contribution in [2.45, 2.75) is 6.61 Å². The maximum atomic E-state index is 6.19. The maximum absolute atomic E-state index is 6.19. The molecule has 2 aromatic rings. The summed E-state index contributed by atoms with van der Waals surface area (Å²) in [6.07, 6.45) is 1.51. The second-order valence-electron chi connectivity index (χ2n) is 5.05. The van der Waals surface area contributed by atoms with Crippen LogP contribution in [0.15, 0.2) is 47.0 Å². The van der Waals surface area contributed by atoms with E-state index in [1.165, 1.54) is 6.08 Å². The molecular weight excluding hydrogens is 441 g/mol. The number of benzene rings is 2. The molecule has 2 rings (SSSR count). The Morgan fingerprint density at radius 2 is 1.54 bits per heavy atom. The van der Waals surface area contributed by atoms with Crippen LogP contribution >= 0.6 is 58.0 Å². The molecule has 0 aliphatic carbocycles. The molecule has 3 nitrogen and oxygen atoms in total. The Bertz CT molecular complexity index is 720. The third-order valence-corrected chi connectivity index (χ3v) is 4.24. The highest BCUT2D eigenvalue weighted by atomic mass is 35.5. The summed E-state index contributed by atoms with van der Waals surface area (Å²) in [6, 6.07) is 10.7. The van der Waals surface area contributed by atoms with Crippen LogP contribution in [0, 0.1) is 0 Å². The van der Waals surface area contributed by atoms with Crippen molar-refractivity contribution in [1.82, 2.24) is 0 Å². The third kappa shape index (κ3) is 7.43. The number of ether oxygens (including phenoxy) is 3. The van der Waals surface area contributed by atoms with Crippen molar-refractivity contribution < 1.29 is 14.2 Å². The van der Waals surface area contributed by atoms with Crippen LogP contribution in [-0.4, -0.2) is 19.8 Å². The van der Waals surface area contributed by atoms with Gasteiger partial charge in [-0.1, -0.05) is 70.1 Å². The number of hydrogen-bond donors (Lipinski definition) is 0. The lowest BCUT2D eigenvalue weighted by atomic mass is 10.2. The minimum atomic E-state index is 0.126. The van der Waals surface area contributed by atoms with Gasteiger partial charge >= 0.3 is 0 Å². The molecule has 140 valence electrons. The molecule has 2 aromatic carbocycles. The van der Waals surface area contributed by atoms with E-state index in [9.17, 15) is 0 Å². The fourth-order valence-corrected chi connectivity index (χ4v) is 2.76. The molecule has 0 N–H and O–H groups in total. The summed E-state index contributed by atoms with van der Waals surface area (Å²) in [4.78, 5) is 0. The molecule has 0 spiro atoms. The quantitative estimate of drug-likeness (QED) is 0.383. The molecule has 0 radical (unpaired) electrons. The Kier molecular flexibility index (Phi) is 9.20. The van der Waals surface area contributed by atoms with E-state index in [0.717, 1.165) is 5.56 Å². The highest BCUT2D eigenvalue weighted by molar-refractivity contribution is 6.55. The lowest BCUT2D eigenvalue weighted by Gasteiger charge is -2.12. The summed E-state index contributed by atoms with van der Waals surface area (Å²) >= 11 is 29.2. The zero-order valence-corrected chi connectivity index (χ0v) is 17.3. The Morgan fingerprint density at radius 1 is 0.885 bits per heavy atom. The van der Waals surface area contributed by atoms with Gasteiger partial charge in [0.2, 0.25) is 0 Å². The van der Waals surface area contributed by atoms with E-state index in [1.807, 2.05) is 24.3 Å². The Labute approximate surface area is 177 Å². The number of hydrogen-bond acceptors (Lipinski definition) is 3. The second-order valence-corrected chi connectivity index (χ2v) is 7.31. The summed E-state index contributed by atoms with van der Waals surface area (Å²) in [6.45, 7) is 1.35. The molecule has 0 fully saturated rings. The average molecular weight is 457 g/mol. The molecule has 0 saturated heterocycles. The highest BCUT2D eigenvalue weighted by Gasteiger charge is 2.10. The standard InChI is InChI=1S/C18H15Cl5O3/c19-13-3-1-12(2-4-13)11-24-7-8-26-18-15(20)9-14(10-16(18)21)25-6-5-17(22)23/h1-5,9-10H,6-8,11H2. The number of rotatable bonds is 9. The van der Waals surface area contributed by atoms with Crippen molar-refractivity contribution in [2.24, 2.45) is 0 Å². The predicted octanol–water partition coefficient (Wildman–Crippen LogP) is 6.94. The van der Waals surface area contributed by atoms with E-state index in [2.05, 4.69) is 0 Å². The van der Waals surface area contributed by atoms with Gasteiger partial charge in [-0.15, -0.1) is 0 Å². The van der Waals surface area contributed by atoms with Crippen LogP contribution in [0.3, 0.4) is 0 Å². The van der Waals surface area contributed by atoms with E-state index in [4.69, 9.17) is 72.2 Å². The molecular formula is C18H15Cl5O3. The molecule has 0 aliphatic heterocycles. The Morgan fingerprint density at radius 3 is 2.15 bits per heavy atom. The van der Waals surface area contributed by atoms with Gasteiger partial charge in [0.05, 0.1) is 23.3 Å². The topological polar surface area (TPSA) is 27.7 Å². The van der Waals surface area contributed by atoms with Crippen LogP contribution in [0.2, 0.25) is 15.1 Å².